The van der Waals surface area contributed by atoms with E-state index in [4.69, 9.17) is 11.5 Å². The molecule has 9 heteroatoms. The summed E-state index contributed by atoms with van der Waals surface area (Å²) in [4.78, 5) is 12.1. The summed E-state index contributed by atoms with van der Waals surface area (Å²) >= 11 is 0. The van der Waals surface area contributed by atoms with Gasteiger partial charge < -0.3 is 38.0 Å². The maximum absolute atomic E-state index is 10.1. The number of aromatic nitrogens is 4. The molecular formula is C11H20ClN7O. The number of halogens is 1. The molecule has 0 bridgehead atoms. The lowest BCUT2D eigenvalue weighted by Gasteiger charge is -2.26. The highest BCUT2D eigenvalue weighted by Crippen LogP contribution is 2.17. The molecule has 1 unspecified atom stereocenters. The number of fused-ring (bicyclic) bond motifs is 1. The Balaban J connectivity index is 0.00000200. The number of aliphatic hydroxyl groups excluding tert-OH is 1. The maximum atomic E-state index is 10.1. The molecule has 0 aliphatic heterocycles. The zero-order valence-corrected chi connectivity index (χ0v) is 12.5. The van der Waals surface area contributed by atoms with E-state index in [2.05, 4.69) is 15.0 Å². The van der Waals surface area contributed by atoms with Gasteiger partial charge in [0.1, 0.15) is 18.2 Å². The fraction of sp³-hybridized carbons (Fsp3) is 0.545. The molecule has 0 saturated carbocycles. The van der Waals surface area contributed by atoms with E-state index in [0.717, 1.165) is 0 Å². The van der Waals surface area contributed by atoms with Crippen molar-refractivity contribution in [3.8, 4) is 0 Å². The molecule has 0 saturated heterocycles. The first-order chi connectivity index (χ1) is 8.76. The molecule has 0 radical (unpaired) electrons. The van der Waals surface area contributed by atoms with Gasteiger partial charge in [0.25, 0.3) is 0 Å². The fourth-order valence-electron chi connectivity index (χ4n) is 2.03. The molecule has 2 rings (SSSR count). The van der Waals surface area contributed by atoms with Crippen molar-refractivity contribution in [2.75, 3.05) is 39.2 Å². The molecule has 2 aromatic heterocycles. The van der Waals surface area contributed by atoms with Crippen LogP contribution < -0.4 is 23.9 Å². The van der Waals surface area contributed by atoms with Crippen molar-refractivity contribution in [1.29, 1.82) is 0 Å². The normalized spacial score (nSPS) is 13.2. The smallest absolute Gasteiger partial charge is 0.224 e. The van der Waals surface area contributed by atoms with Crippen LogP contribution in [0.15, 0.2) is 6.33 Å². The number of nitrogens with zero attached hydrogens (tertiary/aromatic N) is 5. The van der Waals surface area contributed by atoms with E-state index in [1.54, 1.807) is 10.9 Å². The highest BCUT2D eigenvalue weighted by atomic mass is 35.5. The van der Waals surface area contributed by atoms with Gasteiger partial charge in [-0.1, -0.05) is 0 Å². The summed E-state index contributed by atoms with van der Waals surface area (Å²) in [5.74, 6) is 0.357. The summed E-state index contributed by atoms with van der Waals surface area (Å²) in [6.45, 7) is 1.01. The predicted octanol–water partition coefficient (Wildman–Crippen LogP) is -3.94. The topological polar surface area (TPSA) is 116 Å². The number of nitrogen functional groups attached to an aromatic ring is 2. The van der Waals surface area contributed by atoms with E-state index in [1.807, 2.05) is 21.1 Å². The van der Waals surface area contributed by atoms with E-state index >= 15 is 0 Å². The first-order valence-electron chi connectivity index (χ1n) is 5.98. The number of imidazole rings is 1. The van der Waals surface area contributed by atoms with Crippen molar-refractivity contribution in [2.24, 2.45) is 0 Å². The lowest BCUT2D eigenvalue weighted by Crippen LogP contribution is -3.00. The maximum Gasteiger partial charge on any atom is 0.224 e. The first-order valence-corrected chi connectivity index (χ1v) is 5.98. The number of aliphatic hydroxyl groups is 1. The Kier molecular flexibility index (Phi) is 4.74. The average Bonchev–Trinajstić information content (AvgIpc) is 2.58. The first kappa shape index (κ1) is 16.4. The fourth-order valence-corrected chi connectivity index (χ4v) is 2.03. The molecule has 1 atom stereocenters. The molecular weight excluding hydrogens is 282 g/mol. The molecule has 0 aliphatic rings. The van der Waals surface area contributed by atoms with Gasteiger partial charge in [0.2, 0.25) is 5.95 Å². The Morgan fingerprint density at radius 2 is 1.95 bits per heavy atom. The van der Waals surface area contributed by atoms with Crippen molar-refractivity contribution in [3.05, 3.63) is 6.33 Å². The summed E-state index contributed by atoms with van der Waals surface area (Å²) in [5, 5.41) is 10.1. The molecule has 8 nitrogen and oxygen atoms in total. The lowest BCUT2D eigenvalue weighted by molar-refractivity contribution is -0.873. The molecule has 0 amide bonds. The van der Waals surface area contributed by atoms with Crippen LogP contribution in [0.2, 0.25) is 0 Å². The Morgan fingerprint density at radius 3 is 2.55 bits per heavy atom. The Morgan fingerprint density at radius 1 is 1.30 bits per heavy atom. The lowest BCUT2D eigenvalue weighted by atomic mass is 10.3. The van der Waals surface area contributed by atoms with Gasteiger partial charge in [0, 0.05) is 0 Å². The van der Waals surface area contributed by atoms with Gasteiger partial charge >= 0.3 is 0 Å². The van der Waals surface area contributed by atoms with Crippen LogP contribution in [-0.4, -0.2) is 62.9 Å². The second-order valence-corrected chi connectivity index (χ2v) is 5.66. The van der Waals surface area contributed by atoms with Gasteiger partial charge in [-0.3, -0.25) is 0 Å². The third-order valence-electron chi connectivity index (χ3n) is 2.67. The quantitative estimate of drug-likeness (QED) is 0.497. The van der Waals surface area contributed by atoms with Crippen LogP contribution in [-0.2, 0) is 6.54 Å². The summed E-state index contributed by atoms with van der Waals surface area (Å²) in [5.41, 5.74) is 12.4. The van der Waals surface area contributed by atoms with Crippen molar-refractivity contribution >= 4 is 22.9 Å². The van der Waals surface area contributed by atoms with Crippen molar-refractivity contribution in [2.45, 2.75) is 12.6 Å². The van der Waals surface area contributed by atoms with Gasteiger partial charge in [0.05, 0.1) is 34.0 Å². The standard InChI is InChI=1S/C11H20N7O.ClH/c1-18(2,3)5-7(19)4-17-6-14-8-9(12)15-11(13)16-10(8)17;/h6-7,19H,4-5H2,1-3H3,(H4,12,13,15,16);1H/q+1;/p-1. The molecule has 20 heavy (non-hydrogen) atoms. The van der Waals surface area contributed by atoms with E-state index in [0.29, 0.717) is 28.7 Å². The van der Waals surface area contributed by atoms with E-state index in [9.17, 15) is 5.11 Å². The SMILES string of the molecule is C[N+](C)(C)CC(O)Cn1cnc2c(N)nc(N)nc21.[Cl-]. The summed E-state index contributed by atoms with van der Waals surface area (Å²) in [6.07, 6.45) is 1.09. The Bertz CT molecular complexity index is 592. The highest BCUT2D eigenvalue weighted by molar-refractivity contribution is 5.82. The van der Waals surface area contributed by atoms with Crippen LogP contribution in [0, 0.1) is 0 Å². The zero-order valence-electron chi connectivity index (χ0n) is 11.8. The Hall–Kier alpha value is -1.64. The van der Waals surface area contributed by atoms with Crippen LogP contribution in [0.5, 0.6) is 0 Å². The van der Waals surface area contributed by atoms with Gasteiger partial charge in [-0.2, -0.15) is 9.97 Å². The molecule has 2 heterocycles. The number of quaternary nitrogens is 1. The van der Waals surface area contributed by atoms with Gasteiger partial charge in [-0.15, -0.1) is 0 Å². The van der Waals surface area contributed by atoms with Crippen LogP contribution in [0.1, 0.15) is 0 Å². The van der Waals surface area contributed by atoms with E-state index in [-0.39, 0.29) is 24.2 Å². The number of nitrogens with two attached hydrogens (primary N) is 2. The van der Waals surface area contributed by atoms with Crippen molar-refractivity contribution < 1.29 is 22.0 Å². The Labute approximate surface area is 123 Å². The molecule has 5 N–H and O–H groups in total. The minimum atomic E-state index is -0.505. The van der Waals surface area contributed by atoms with Crippen LogP contribution in [0.4, 0.5) is 11.8 Å². The monoisotopic (exact) mass is 301 g/mol. The number of anilines is 2. The van der Waals surface area contributed by atoms with Crippen LogP contribution in [0.3, 0.4) is 0 Å². The minimum absolute atomic E-state index is 0. The van der Waals surface area contributed by atoms with Gasteiger partial charge in [0.15, 0.2) is 11.5 Å². The average molecular weight is 302 g/mol. The van der Waals surface area contributed by atoms with Gasteiger partial charge in [-0.05, 0) is 0 Å². The zero-order chi connectivity index (χ0) is 14.2. The second-order valence-electron chi connectivity index (χ2n) is 5.66. The molecule has 2 aromatic rings. The largest absolute Gasteiger partial charge is 1.00 e. The minimum Gasteiger partial charge on any atom is -1.00 e. The third-order valence-corrected chi connectivity index (χ3v) is 2.67. The van der Waals surface area contributed by atoms with E-state index < -0.39 is 6.10 Å². The molecule has 0 aliphatic carbocycles. The highest BCUT2D eigenvalue weighted by Gasteiger charge is 2.18. The third kappa shape index (κ3) is 3.69. The van der Waals surface area contributed by atoms with Crippen molar-refractivity contribution in [1.82, 2.24) is 19.5 Å². The van der Waals surface area contributed by atoms with Gasteiger partial charge in [-0.25, -0.2) is 4.98 Å². The molecule has 0 spiro atoms. The molecule has 0 fully saturated rings. The summed E-state index contributed by atoms with van der Waals surface area (Å²) in [7, 11) is 6.06. The molecule has 112 valence electrons. The summed E-state index contributed by atoms with van der Waals surface area (Å²) < 4.78 is 2.41. The van der Waals surface area contributed by atoms with Crippen LogP contribution >= 0.6 is 0 Å². The van der Waals surface area contributed by atoms with E-state index in [1.165, 1.54) is 0 Å². The molecule has 0 aromatic carbocycles. The van der Waals surface area contributed by atoms with Crippen LogP contribution in [0.25, 0.3) is 11.2 Å². The number of hydrogen-bond acceptors (Lipinski definition) is 6. The van der Waals surface area contributed by atoms with Crippen molar-refractivity contribution in [3.63, 3.8) is 0 Å². The second kappa shape index (κ2) is 5.78. The number of hydrogen-bond donors (Lipinski definition) is 3. The predicted molar refractivity (Wildman–Crippen MR) is 73.1 cm³/mol. The number of likely N-dealkylation sites (N-methyl/N-ethyl adjacent to an activating group) is 1. The number of rotatable bonds is 4. The summed E-state index contributed by atoms with van der Waals surface area (Å²) in [6, 6.07) is 0.